The predicted octanol–water partition coefficient (Wildman–Crippen LogP) is 3.82. The zero-order valence-electron chi connectivity index (χ0n) is 21.1. The monoisotopic (exact) mass is 486 g/mol. The highest BCUT2D eigenvalue weighted by Crippen LogP contribution is 2.65. The van der Waals surface area contributed by atoms with Gasteiger partial charge in [0, 0.05) is 18.1 Å². The first-order chi connectivity index (χ1) is 16.7. The molecular weight excluding hydrogens is 452 g/mol. The first-order valence-corrected chi connectivity index (χ1v) is 12.2. The van der Waals surface area contributed by atoms with E-state index >= 15 is 0 Å². The molecule has 2 aliphatic carbocycles. The molecule has 0 radical (unpaired) electrons. The lowest BCUT2D eigenvalue weighted by Gasteiger charge is -2.61. The quantitative estimate of drug-likeness (QED) is 0.259. The van der Waals surface area contributed by atoms with Gasteiger partial charge in [0.1, 0.15) is 19.0 Å². The molecule has 1 aromatic heterocycles. The third-order valence-corrected chi connectivity index (χ3v) is 8.43. The molecule has 8 nitrogen and oxygen atoms in total. The third kappa shape index (κ3) is 4.19. The van der Waals surface area contributed by atoms with Crippen molar-refractivity contribution in [3.8, 4) is 11.8 Å². The molecule has 2 heterocycles. The molecule has 0 bridgehead atoms. The topological polar surface area (TPSA) is 101 Å². The molecule has 3 fully saturated rings. The molecule has 4 rings (SSSR count). The standard InChI is InChI=1S/C27H34O8/c1-6-8-19-16(10-12-33-19)21-14-27(4)17(25(30)35-21)9-11-26(3)18(24(29)31-5)13-20(22(28)23(26)27)34-15-32-7-2/h10,12,17-18,20-21,23H,7,9,11,13-15H2,1-5H3/t17-,18-,20-,21-,23-,26-,27-/m0/s1. The highest BCUT2D eigenvalue weighted by atomic mass is 16.7. The summed E-state index contributed by atoms with van der Waals surface area (Å²) in [6.45, 7) is 7.92. The van der Waals surface area contributed by atoms with E-state index in [2.05, 4.69) is 11.8 Å². The maximum Gasteiger partial charge on any atom is 0.310 e. The van der Waals surface area contributed by atoms with E-state index < -0.39 is 40.8 Å². The summed E-state index contributed by atoms with van der Waals surface area (Å²) in [7, 11) is 1.36. The molecule has 0 amide bonds. The van der Waals surface area contributed by atoms with Crippen LogP contribution in [0.25, 0.3) is 0 Å². The van der Waals surface area contributed by atoms with Crippen LogP contribution in [-0.4, -0.2) is 44.3 Å². The first-order valence-electron chi connectivity index (χ1n) is 12.2. The van der Waals surface area contributed by atoms with Crippen molar-refractivity contribution in [1.82, 2.24) is 0 Å². The lowest BCUT2D eigenvalue weighted by molar-refractivity contribution is -0.213. The lowest BCUT2D eigenvalue weighted by Crippen LogP contribution is -2.64. The number of cyclic esters (lactones) is 1. The molecule has 1 aliphatic heterocycles. The van der Waals surface area contributed by atoms with Gasteiger partial charge in [-0.3, -0.25) is 14.4 Å². The van der Waals surface area contributed by atoms with Gasteiger partial charge >= 0.3 is 11.9 Å². The molecule has 3 aliphatic rings. The molecule has 7 atom stereocenters. The summed E-state index contributed by atoms with van der Waals surface area (Å²) in [5.41, 5.74) is -0.736. The van der Waals surface area contributed by atoms with Gasteiger partial charge in [-0.25, -0.2) is 0 Å². The molecule has 8 heteroatoms. The molecular formula is C27H34O8. The van der Waals surface area contributed by atoms with Crippen LogP contribution in [0.2, 0.25) is 0 Å². The van der Waals surface area contributed by atoms with Gasteiger partial charge in [-0.2, -0.15) is 0 Å². The number of Topliss-reactive ketones (excluding diaryl/α,β-unsaturated/α-hetero) is 1. The Kier molecular flexibility index (Phi) is 7.12. The zero-order valence-corrected chi connectivity index (χ0v) is 21.1. The zero-order chi connectivity index (χ0) is 25.4. The van der Waals surface area contributed by atoms with Gasteiger partial charge in [-0.05, 0) is 62.3 Å². The fourth-order valence-corrected chi connectivity index (χ4v) is 6.84. The summed E-state index contributed by atoms with van der Waals surface area (Å²) < 4.78 is 27.7. The number of ketones is 1. The maximum absolute atomic E-state index is 14.0. The molecule has 1 saturated heterocycles. The highest BCUT2D eigenvalue weighted by molar-refractivity contribution is 5.92. The first kappa shape index (κ1) is 25.5. The number of ether oxygens (including phenoxy) is 4. The number of hydrogen-bond acceptors (Lipinski definition) is 8. The number of methoxy groups -OCH3 is 1. The van der Waals surface area contributed by atoms with Crippen molar-refractivity contribution in [2.24, 2.45) is 28.6 Å². The van der Waals surface area contributed by atoms with Crippen LogP contribution in [0.5, 0.6) is 0 Å². The van der Waals surface area contributed by atoms with Gasteiger partial charge in [-0.15, -0.1) is 0 Å². The average Bonchev–Trinajstić information content (AvgIpc) is 3.28. The van der Waals surface area contributed by atoms with Crippen molar-refractivity contribution >= 4 is 17.7 Å². The van der Waals surface area contributed by atoms with Crippen molar-refractivity contribution < 1.29 is 37.7 Å². The Bertz CT molecular complexity index is 1050. The van der Waals surface area contributed by atoms with E-state index in [0.29, 0.717) is 37.2 Å². The van der Waals surface area contributed by atoms with Crippen LogP contribution < -0.4 is 0 Å². The fraction of sp³-hybridized carbons (Fsp3) is 0.667. The smallest absolute Gasteiger partial charge is 0.310 e. The number of fused-ring (bicyclic) bond motifs is 3. The van der Waals surface area contributed by atoms with Crippen LogP contribution in [0.1, 0.15) is 70.8 Å². The Morgan fingerprint density at radius 1 is 1.26 bits per heavy atom. The summed E-state index contributed by atoms with van der Waals surface area (Å²) in [6, 6.07) is 1.76. The van der Waals surface area contributed by atoms with Crippen LogP contribution >= 0.6 is 0 Å². The van der Waals surface area contributed by atoms with Crippen molar-refractivity contribution in [1.29, 1.82) is 0 Å². The minimum absolute atomic E-state index is 0.0386. The van der Waals surface area contributed by atoms with Crippen molar-refractivity contribution in [3.63, 3.8) is 0 Å². The number of hydrogen-bond donors (Lipinski definition) is 0. The van der Waals surface area contributed by atoms with Gasteiger partial charge in [0.2, 0.25) is 0 Å². The van der Waals surface area contributed by atoms with E-state index in [4.69, 9.17) is 23.4 Å². The molecule has 35 heavy (non-hydrogen) atoms. The van der Waals surface area contributed by atoms with E-state index in [1.807, 2.05) is 20.8 Å². The summed E-state index contributed by atoms with van der Waals surface area (Å²) >= 11 is 0. The molecule has 0 N–H and O–H groups in total. The molecule has 0 aromatic carbocycles. The Hall–Kier alpha value is -2.63. The van der Waals surface area contributed by atoms with Crippen LogP contribution in [0, 0.1) is 40.4 Å². The summed E-state index contributed by atoms with van der Waals surface area (Å²) in [4.78, 5) is 40.3. The van der Waals surface area contributed by atoms with Crippen LogP contribution in [-0.2, 0) is 33.3 Å². The molecule has 190 valence electrons. The number of rotatable bonds is 6. The van der Waals surface area contributed by atoms with Gasteiger partial charge in [0.25, 0.3) is 0 Å². The molecule has 0 unspecified atom stereocenters. The average molecular weight is 487 g/mol. The normalized spacial score (nSPS) is 36.3. The summed E-state index contributed by atoms with van der Waals surface area (Å²) in [5.74, 6) is 3.82. The van der Waals surface area contributed by atoms with Gasteiger partial charge < -0.3 is 23.4 Å². The molecule has 2 saturated carbocycles. The number of furan rings is 1. The second kappa shape index (κ2) is 9.79. The highest BCUT2D eigenvalue weighted by Gasteiger charge is 2.67. The second-order valence-corrected chi connectivity index (χ2v) is 10.2. The van der Waals surface area contributed by atoms with Crippen molar-refractivity contribution in [2.45, 2.75) is 65.6 Å². The van der Waals surface area contributed by atoms with Crippen molar-refractivity contribution in [3.05, 3.63) is 23.7 Å². The molecule has 1 aromatic rings. The van der Waals surface area contributed by atoms with Crippen molar-refractivity contribution in [2.75, 3.05) is 20.5 Å². The Balaban J connectivity index is 1.76. The van der Waals surface area contributed by atoms with Gasteiger partial charge in [-0.1, -0.05) is 19.8 Å². The number of carbonyl (C=O) groups excluding carboxylic acids is 3. The third-order valence-electron chi connectivity index (χ3n) is 8.43. The summed E-state index contributed by atoms with van der Waals surface area (Å²) in [6.07, 6.45) is 1.84. The van der Waals surface area contributed by atoms with Crippen LogP contribution in [0.3, 0.4) is 0 Å². The fourth-order valence-electron chi connectivity index (χ4n) is 6.84. The van der Waals surface area contributed by atoms with E-state index in [-0.39, 0.29) is 30.9 Å². The molecule has 0 spiro atoms. The Morgan fingerprint density at radius 2 is 2.03 bits per heavy atom. The maximum atomic E-state index is 14.0. The summed E-state index contributed by atoms with van der Waals surface area (Å²) in [5, 5.41) is 0. The van der Waals surface area contributed by atoms with Crippen LogP contribution in [0.15, 0.2) is 16.7 Å². The Labute approximate surface area is 206 Å². The minimum atomic E-state index is -0.814. The number of carbonyl (C=O) groups is 3. The van der Waals surface area contributed by atoms with Gasteiger partial charge in [0.15, 0.2) is 11.5 Å². The second-order valence-electron chi connectivity index (χ2n) is 10.2. The van der Waals surface area contributed by atoms with Crippen LogP contribution in [0.4, 0.5) is 0 Å². The lowest BCUT2D eigenvalue weighted by atomic mass is 9.43. The van der Waals surface area contributed by atoms with E-state index in [9.17, 15) is 14.4 Å². The van der Waals surface area contributed by atoms with E-state index in [0.717, 1.165) is 0 Å². The minimum Gasteiger partial charge on any atom is -0.469 e. The SMILES string of the molecule is CC#Cc1occc1[C@@H]1C[C@]2(C)[C@H]3C(=O)[C@@H](OCOCC)C[C@@H](C(=O)OC)[C@]3(C)CC[C@H]2C(=O)O1. The largest absolute Gasteiger partial charge is 0.469 e. The Morgan fingerprint density at radius 3 is 2.71 bits per heavy atom. The predicted molar refractivity (Wildman–Crippen MR) is 124 cm³/mol. The van der Waals surface area contributed by atoms with Gasteiger partial charge in [0.05, 0.1) is 25.2 Å². The number of esters is 2. The van der Waals surface area contributed by atoms with E-state index in [1.165, 1.54) is 13.4 Å². The van der Waals surface area contributed by atoms with E-state index in [1.54, 1.807) is 13.0 Å².